The zero-order chi connectivity index (χ0) is 22.2. The second-order valence-corrected chi connectivity index (χ2v) is 7.25. The molecule has 0 aliphatic carbocycles. The summed E-state index contributed by atoms with van der Waals surface area (Å²) in [5.74, 6) is 0.834. The standard InChI is InChI=1S/C25H20ClN3O3/c26-21-15-20(19-5-2-1-3-6-19)8-9-22(21)32-17-24(30)29-25-23(7-4-12-28-25)31-16-18-10-13-27-14-11-18/h1-15H,16-17H2,(H,28,29,30). The van der Waals surface area contributed by atoms with Crippen molar-refractivity contribution in [2.45, 2.75) is 6.61 Å². The third kappa shape index (κ3) is 5.62. The molecule has 0 unspecified atom stereocenters. The summed E-state index contributed by atoms with van der Waals surface area (Å²) in [7, 11) is 0. The van der Waals surface area contributed by atoms with Crippen molar-refractivity contribution in [3.63, 3.8) is 0 Å². The number of aromatic nitrogens is 2. The molecule has 2 aromatic heterocycles. The Balaban J connectivity index is 1.35. The molecule has 0 atom stereocenters. The fourth-order valence-electron chi connectivity index (χ4n) is 2.98. The number of carbonyl (C=O) groups excluding carboxylic acids is 1. The van der Waals surface area contributed by atoms with Crippen molar-refractivity contribution in [1.29, 1.82) is 0 Å². The summed E-state index contributed by atoms with van der Waals surface area (Å²) in [6.07, 6.45) is 4.97. The number of nitrogens with one attached hydrogen (secondary N) is 1. The molecule has 7 heteroatoms. The predicted octanol–water partition coefficient (Wildman–Crippen LogP) is 5.39. The van der Waals surface area contributed by atoms with Crippen LogP contribution in [0.3, 0.4) is 0 Å². The van der Waals surface area contributed by atoms with E-state index in [1.807, 2.05) is 54.6 Å². The minimum atomic E-state index is -0.374. The lowest BCUT2D eigenvalue weighted by atomic mass is 10.1. The Hall–Kier alpha value is -3.90. The fraction of sp³-hybridized carbons (Fsp3) is 0.0800. The largest absolute Gasteiger partial charge is 0.485 e. The van der Waals surface area contributed by atoms with Crippen molar-refractivity contribution in [3.05, 3.63) is 102 Å². The molecular weight excluding hydrogens is 426 g/mol. The minimum Gasteiger partial charge on any atom is -0.485 e. The van der Waals surface area contributed by atoms with Gasteiger partial charge in [0.2, 0.25) is 0 Å². The lowest BCUT2D eigenvalue weighted by Gasteiger charge is -2.13. The summed E-state index contributed by atoms with van der Waals surface area (Å²) >= 11 is 6.35. The summed E-state index contributed by atoms with van der Waals surface area (Å²) < 4.78 is 11.4. The number of halogens is 1. The van der Waals surface area contributed by atoms with E-state index in [2.05, 4.69) is 15.3 Å². The Kier molecular flexibility index (Phi) is 6.94. The van der Waals surface area contributed by atoms with Crippen LogP contribution in [0.15, 0.2) is 91.4 Å². The van der Waals surface area contributed by atoms with Crippen LogP contribution in [0, 0.1) is 0 Å². The molecule has 0 aliphatic rings. The van der Waals surface area contributed by atoms with Gasteiger partial charge in [0.1, 0.15) is 12.4 Å². The molecule has 32 heavy (non-hydrogen) atoms. The molecule has 2 heterocycles. The predicted molar refractivity (Wildman–Crippen MR) is 124 cm³/mol. The van der Waals surface area contributed by atoms with E-state index in [1.165, 1.54) is 0 Å². The maximum atomic E-state index is 12.4. The molecule has 0 radical (unpaired) electrons. The number of amides is 1. The van der Waals surface area contributed by atoms with Crippen LogP contribution in [-0.4, -0.2) is 22.5 Å². The third-order valence-electron chi connectivity index (χ3n) is 4.57. The van der Waals surface area contributed by atoms with Gasteiger partial charge in [-0.1, -0.05) is 48.0 Å². The van der Waals surface area contributed by atoms with Gasteiger partial charge in [-0.25, -0.2) is 4.98 Å². The van der Waals surface area contributed by atoms with Gasteiger partial charge in [0.25, 0.3) is 5.91 Å². The second-order valence-electron chi connectivity index (χ2n) is 6.84. The summed E-state index contributed by atoms with van der Waals surface area (Å²) in [4.78, 5) is 20.6. The van der Waals surface area contributed by atoms with Crippen molar-refractivity contribution in [2.75, 3.05) is 11.9 Å². The Morgan fingerprint density at radius 2 is 1.66 bits per heavy atom. The minimum absolute atomic E-state index is 0.217. The average molecular weight is 446 g/mol. The number of benzene rings is 2. The summed E-state index contributed by atoms with van der Waals surface area (Å²) in [5.41, 5.74) is 2.98. The number of hydrogen-bond donors (Lipinski definition) is 1. The van der Waals surface area contributed by atoms with Crippen LogP contribution < -0.4 is 14.8 Å². The van der Waals surface area contributed by atoms with E-state index < -0.39 is 0 Å². The van der Waals surface area contributed by atoms with Crippen molar-refractivity contribution in [2.24, 2.45) is 0 Å². The molecule has 1 amide bonds. The number of rotatable bonds is 8. The van der Waals surface area contributed by atoms with Gasteiger partial charge in [-0.15, -0.1) is 0 Å². The molecule has 0 bridgehead atoms. The monoisotopic (exact) mass is 445 g/mol. The second kappa shape index (κ2) is 10.4. The van der Waals surface area contributed by atoms with Gasteiger partial charge < -0.3 is 14.8 Å². The fourth-order valence-corrected chi connectivity index (χ4v) is 3.22. The molecule has 6 nitrogen and oxygen atoms in total. The molecule has 1 N–H and O–H groups in total. The molecule has 0 spiro atoms. The molecule has 4 rings (SSSR count). The van der Waals surface area contributed by atoms with Gasteiger partial charge in [-0.05, 0) is 53.1 Å². The summed E-state index contributed by atoms with van der Waals surface area (Å²) in [6, 6.07) is 22.5. The molecule has 2 aromatic carbocycles. The van der Waals surface area contributed by atoms with Crippen molar-refractivity contribution in [3.8, 4) is 22.6 Å². The van der Waals surface area contributed by atoms with E-state index in [1.54, 1.807) is 36.8 Å². The van der Waals surface area contributed by atoms with Gasteiger partial charge >= 0.3 is 0 Å². The SMILES string of the molecule is O=C(COc1ccc(-c2ccccc2)cc1Cl)Nc1ncccc1OCc1ccncc1. The van der Waals surface area contributed by atoms with Crippen LogP contribution in [0.25, 0.3) is 11.1 Å². The van der Waals surface area contributed by atoms with E-state index in [-0.39, 0.29) is 12.5 Å². The van der Waals surface area contributed by atoms with Gasteiger partial charge in [0.15, 0.2) is 18.2 Å². The van der Waals surface area contributed by atoms with Gasteiger partial charge in [-0.3, -0.25) is 9.78 Å². The normalized spacial score (nSPS) is 10.4. The third-order valence-corrected chi connectivity index (χ3v) is 4.87. The maximum absolute atomic E-state index is 12.4. The highest BCUT2D eigenvalue weighted by atomic mass is 35.5. The Bertz CT molecular complexity index is 1190. The van der Waals surface area contributed by atoms with Crippen LogP contribution in [-0.2, 0) is 11.4 Å². The van der Waals surface area contributed by atoms with Crippen LogP contribution in [0.1, 0.15) is 5.56 Å². The molecule has 0 aliphatic heterocycles. The maximum Gasteiger partial charge on any atom is 0.263 e. The highest BCUT2D eigenvalue weighted by molar-refractivity contribution is 6.32. The van der Waals surface area contributed by atoms with Crippen LogP contribution in [0.2, 0.25) is 5.02 Å². The molecule has 4 aromatic rings. The Morgan fingerprint density at radius 3 is 2.44 bits per heavy atom. The van der Waals surface area contributed by atoms with E-state index in [4.69, 9.17) is 21.1 Å². The molecular formula is C25H20ClN3O3. The van der Waals surface area contributed by atoms with Crippen LogP contribution in [0.5, 0.6) is 11.5 Å². The van der Waals surface area contributed by atoms with E-state index in [9.17, 15) is 4.79 Å². The Labute approximate surface area is 190 Å². The highest BCUT2D eigenvalue weighted by Gasteiger charge is 2.12. The van der Waals surface area contributed by atoms with Crippen LogP contribution in [0.4, 0.5) is 5.82 Å². The number of carbonyl (C=O) groups is 1. The van der Waals surface area contributed by atoms with Crippen molar-refractivity contribution < 1.29 is 14.3 Å². The van der Waals surface area contributed by atoms with Gasteiger partial charge in [-0.2, -0.15) is 0 Å². The first-order valence-corrected chi connectivity index (χ1v) is 10.3. The van der Waals surface area contributed by atoms with Gasteiger partial charge in [0.05, 0.1) is 5.02 Å². The number of pyridine rings is 2. The molecule has 0 fully saturated rings. The topological polar surface area (TPSA) is 73.3 Å². The number of anilines is 1. The van der Waals surface area contributed by atoms with E-state index in [0.717, 1.165) is 16.7 Å². The average Bonchev–Trinajstić information content (AvgIpc) is 2.84. The number of ether oxygens (including phenoxy) is 2. The smallest absolute Gasteiger partial charge is 0.263 e. The molecule has 0 saturated heterocycles. The lowest BCUT2D eigenvalue weighted by molar-refractivity contribution is -0.118. The van der Waals surface area contributed by atoms with Gasteiger partial charge in [0, 0.05) is 18.6 Å². The zero-order valence-electron chi connectivity index (χ0n) is 17.1. The molecule has 0 saturated carbocycles. The summed E-state index contributed by atoms with van der Waals surface area (Å²) in [5, 5.41) is 3.15. The van der Waals surface area contributed by atoms with Crippen LogP contribution >= 0.6 is 11.6 Å². The Morgan fingerprint density at radius 1 is 0.844 bits per heavy atom. The van der Waals surface area contributed by atoms with E-state index >= 15 is 0 Å². The first-order chi connectivity index (χ1) is 15.7. The van der Waals surface area contributed by atoms with Crippen molar-refractivity contribution in [1.82, 2.24) is 9.97 Å². The zero-order valence-corrected chi connectivity index (χ0v) is 17.8. The first kappa shape index (κ1) is 21.3. The summed E-state index contributed by atoms with van der Waals surface area (Å²) in [6.45, 7) is 0.113. The highest BCUT2D eigenvalue weighted by Crippen LogP contribution is 2.30. The van der Waals surface area contributed by atoms with Crippen molar-refractivity contribution >= 4 is 23.3 Å². The van der Waals surface area contributed by atoms with E-state index in [0.29, 0.717) is 28.9 Å². The molecule has 160 valence electrons. The number of hydrogen-bond acceptors (Lipinski definition) is 5. The first-order valence-electron chi connectivity index (χ1n) is 9.93. The number of nitrogens with zero attached hydrogens (tertiary/aromatic N) is 2. The lowest BCUT2D eigenvalue weighted by Crippen LogP contribution is -2.21. The quantitative estimate of drug-likeness (QED) is 0.393.